The normalized spacial score (nSPS) is 13.0. The lowest BCUT2D eigenvalue weighted by Gasteiger charge is -2.29. The number of halogens is 1. The number of amides is 1. The lowest BCUT2D eigenvalue weighted by atomic mass is 10.0. The molecule has 5 nitrogen and oxygen atoms in total. The second-order valence-corrected chi connectivity index (χ2v) is 7.06. The van der Waals surface area contributed by atoms with E-state index in [1.54, 1.807) is 43.8 Å². The van der Waals surface area contributed by atoms with Crippen LogP contribution in [0, 0.1) is 0 Å². The van der Waals surface area contributed by atoms with Crippen LogP contribution in [-0.4, -0.2) is 24.5 Å². The summed E-state index contributed by atoms with van der Waals surface area (Å²) in [5.74, 6) is 0.604. The van der Waals surface area contributed by atoms with E-state index in [1.807, 2.05) is 23.1 Å². The van der Waals surface area contributed by atoms with Gasteiger partial charge in [0.1, 0.15) is 5.75 Å². The number of fused-ring (bicyclic) bond motifs is 1. The molecule has 0 fully saturated rings. The minimum atomic E-state index is -0.0543. The highest BCUT2D eigenvalue weighted by atomic mass is 35.5. The smallest absolute Gasteiger partial charge is 0.259 e. The summed E-state index contributed by atoms with van der Waals surface area (Å²) in [5.41, 5.74) is 4.12. The number of anilines is 3. The molecule has 6 heteroatoms. The van der Waals surface area contributed by atoms with Gasteiger partial charge in [0, 0.05) is 23.5 Å². The molecule has 1 aliphatic heterocycles. The maximum Gasteiger partial charge on any atom is 0.259 e. The predicted octanol–water partition coefficient (Wildman–Crippen LogP) is 5.08. The van der Waals surface area contributed by atoms with Gasteiger partial charge in [-0.1, -0.05) is 29.8 Å². The van der Waals surface area contributed by atoms with E-state index in [0.29, 0.717) is 34.3 Å². The van der Waals surface area contributed by atoms with Gasteiger partial charge in [-0.05, 0) is 48.7 Å². The zero-order valence-electron chi connectivity index (χ0n) is 15.5. The summed E-state index contributed by atoms with van der Waals surface area (Å²) in [7, 11) is 1.60. The van der Waals surface area contributed by atoms with Crippen molar-refractivity contribution in [1.82, 2.24) is 4.98 Å². The van der Waals surface area contributed by atoms with E-state index in [1.165, 1.54) is 5.56 Å². The summed E-state index contributed by atoms with van der Waals surface area (Å²) in [5, 5.41) is 3.83. The van der Waals surface area contributed by atoms with Crippen LogP contribution in [0.4, 0.5) is 17.1 Å². The van der Waals surface area contributed by atoms with E-state index in [9.17, 15) is 4.79 Å². The van der Waals surface area contributed by atoms with Gasteiger partial charge < -0.3 is 15.0 Å². The van der Waals surface area contributed by atoms with Crippen LogP contribution < -0.4 is 15.0 Å². The number of nitrogens with one attached hydrogen (secondary N) is 1. The topological polar surface area (TPSA) is 54.5 Å². The lowest BCUT2D eigenvalue weighted by Crippen LogP contribution is -2.35. The Bertz CT molecular complexity index is 1020. The van der Waals surface area contributed by atoms with Crippen LogP contribution >= 0.6 is 11.6 Å². The molecule has 28 heavy (non-hydrogen) atoms. The average molecular weight is 394 g/mol. The zero-order chi connectivity index (χ0) is 19.5. The molecule has 0 unspecified atom stereocenters. The van der Waals surface area contributed by atoms with Crippen LogP contribution in [0.2, 0.25) is 5.02 Å². The van der Waals surface area contributed by atoms with E-state index < -0.39 is 0 Å². The van der Waals surface area contributed by atoms with E-state index in [0.717, 1.165) is 18.5 Å². The van der Waals surface area contributed by atoms with Gasteiger partial charge >= 0.3 is 0 Å². The van der Waals surface area contributed by atoms with Gasteiger partial charge in [-0.25, -0.2) is 0 Å². The fourth-order valence-corrected chi connectivity index (χ4v) is 3.63. The van der Waals surface area contributed by atoms with Crippen LogP contribution in [0.3, 0.4) is 0 Å². The molecule has 1 aromatic heterocycles. The molecular formula is C22H20ClN3O2. The Balaban J connectivity index is 1.61. The third-order valence-electron chi connectivity index (χ3n) is 4.78. The summed E-state index contributed by atoms with van der Waals surface area (Å²) >= 11 is 6.10. The van der Waals surface area contributed by atoms with Gasteiger partial charge in [-0.3, -0.25) is 9.78 Å². The molecule has 0 radical (unpaired) electrons. The first-order valence-electron chi connectivity index (χ1n) is 9.11. The van der Waals surface area contributed by atoms with Gasteiger partial charge in [0.25, 0.3) is 5.91 Å². The molecule has 0 bridgehead atoms. The molecule has 3 aromatic rings. The Morgan fingerprint density at radius 2 is 2.04 bits per heavy atom. The van der Waals surface area contributed by atoms with Crippen molar-refractivity contribution in [3.63, 3.8) is 0 Å². The van der Waals surface area contributed by atoms with Crippen LogP contribution in [0.25, 0.3) is 0 Å². The summed E-state index contributed by atoms with van der Waals surface area (Å²) in [6.45, 7) is 0.704. The Morgan fingerprint density at radius 3 is 2.89 bits per heavy atom. The van der Waals surface area contributed by atoms with Crippen LogP contribution in [0.5, 0.6) is 5.75 Å². The number of aryl methyl sites for hydroxylation is 1. The number of rotatable bonds is 4. The van der Waals surface area contributed by atoms with Crippen molar-refractivity contribution < 1.29 is 9.53 Å². The fraction of sp³-hybridized carbons (Fsp3) is 0.182. The Labute approximate surface area is 168 Å². The number of carbonyl (C=O) groups is 1. The van der Waals surface area contributed by atoms with E-state index in [2.05, 4.69) is 16.4 Å². The SMILES string of the molecule is COc1ccc(Cl)cc1Nc1cncc(C(=O)N2CCCc3ccccc32)c1. The lowest BCUT2D eigenvalue weighted by molar-refractivity contribution is 0.0985. The first-order chi connectivity index (χ1) is 13.7. The third kappa shape index (κ3) is 3.66. The maximum atomic E-state index is 13.2. The molecule has 2 heterocycles. The quantitative estimate of drug-likeness (QED) is 0.671. The van der Waals surface area contributed by atoms with E-state index >= 15 is 0 Å². The van der Waals surface area contributed by atoms with Gasteiger partial charge in [0.2, 0.25) is 0 Å². The fourth-order valence-electron chi connectivity index (χ4n) is 3.46. The van der Waals surface area contributed by atoms with Crippen molar-refractivity contribution >= 4 is 34.6 Å². The molecule has 0 atom stereocenters. The summed E-state index contributed by atoms with van der Waals surface area (Å²) in [6, 6.07) is 15.2. The van der Waals surface area contributed by atoms with Gasteiger partial charge in [-0.2, -0.15) is 0 Å². The molecule has 0 aliphatic carbocycles. The number of carbonyl (C=O) groups excluding carboxylic acids is 1. The number of hydrogen-bond acceptors (Lipinski definition) is 4. The standard InChI is InChI=1S/C22H20ClN3O2/c1-28-21-9-8-17(23)12-19(21)25-18-11-16(13-24-14-18)22(27)26-10-4-6-15-5-2-3-7-20(15)26/h2-3,5,7-9,11-14,25H,4,6,10H2,1H3. The van der Waals surface area contributed by atoms with Crippen LogP contribution in [-0.2, 0) is 6.42 Å². The second-order valence-electron chi connectivity index (χ2n) is 6.62. The molecule has 2 aromatic carbocycles. The van der Waals surface area contributed by atoms with Crippen molar-refractivity contribution in [2.45, 2.75) is 12.8 Å². The zero-order valence-corrected chi connectivity index (χ0v) is 16.2. The first kappa shape index (κ1) is 18.3. The predicted molar refractivity (Wildman–Crippen MR) is 112 cm³/mol. The van der Waals surface area contributed by atoms with Gasteiger partial charge in [0.15, 0.2) is 0 Å². The van der Waals surface area contributed by atoms with Crippen molar-refractivity contribution in [1.29, 1.82) is 0 Å². The minimum absolute atomic E-state index is 0.0543. The Kier molecular flexibility index (Phi) is 5.17. The molecule has 0 spiro atoms. The molecule has 142 valence electrons. The molecule has 1 N–H and O–H groups in total. The van der Waals surface area contributed by atoms with Crippen LogP contribution in [0.1, 0.15) is 22.3 Å². The summed E-state index contributed by atoms with van der Waals surface area (Å²) in [4.78, 5) is 19.2. The summed E-state index contributed by atoms with van der Waals surface area (Å²) < 4.78 is 5.37. The largest absolute Gasteiger partial charge is 0.495 e. The number of pyridine rings is 1. The monoisotopic (exact) mass is 393 g/mol. The van der Waals surface area contributed by atoms with Crippen molar-refractivity contribution in [3.8, 4) is 5.75 Å². The molecule has 0 saturated carbocycles. The second kappa shape index (κ2) is 7.90. The average Bonchev–Trinajstić information content (AvgIpc) is 2.73. The molecular weight excluding hydrogens is 374 g/mol. The van der Waals surface area contributed by atoms with Crippen molar-refractivity contribution in [2.75, 3.05) is 23.9 Å². The van der Waals surface area contributed by atoms with Crippen molar-refractivity contribution in [2.24, 2.45) is 0 Å². The van der Waals surface area contributed by atoms with Crippen molar-refractivity contribution in [3.05, 3.63) is 77.1 Å². The first-order valence-corrected chi connectivity index (χ1v) is 9.49. The third-order valence-corrected chi connectivity index (χ3v) is 5.02. The number of hydrogen-bond donors (Lipinski definition) is 1. The van der Waals surface area contributed by atoms with E-state index in [-0.39, 0.29) is 5.91 Å². The van der Waals surface area contributed by atoms with Gasteiger partial charge in [0.05, 0.1) is 30.2 Å². The maximum absolute atomic E-state index is 13.2. The number of ether oxygens (including phenoxy) is 1. The number of methoxy groups -OCH3 is 1. The highest BCUT2D eigenvalue weighted by Gasteiger charge is 2.23. The molecule has 4 rings (SSSR count). The number of para-hydroxylation sites is 1. The Hall–Kier alpha value is -3.05. The number of nitrogens with zero attached hydrogens (tertiary/aromatic N) is 2. The number of aromatic nitrogens is 1. The molecule has 1 aliphatic rings. The van der Waals surface area contributed by atoms with E-state index in [4.69, 9.17) is 16.3 Å². The molecule has 0 saturated heterocycles. The minimum Gasteiger partial charge on any atom is -0.495 e. The van der Waals surface area contributed by atoms with Crippen LogP contribution in [0.15, 0.2) is 60.9 Å². The number of benzene rings is 2. The Morgan fingerprint density at radius 1 is 1.18 bits per heavy atom. The summed E-state index contributed by atoms with van der Waals surface area (Å²) in [6.07, 6.45) is 5.21. The highest BCUT2D eigenvalue weighted by Crippen LogP contribution is 2.31. The molecule has 1 amide bonds. The highest BCUT2D eigenvalue weighted by molar-refractivity contribution is 6.31. The van der Waals surface area contributed by atoms with Gasteiger partial charge in [-0.15, -0.1) is 0 Å².